The van der Waals surface area contributed by atoms with Crippen LogP contribution in [0.1, 0.15) is 18.5 Å². The van der Waals surface area contributed by atoms with Gasteiger partial charge in [0.05, 0.1) is 24.7 Å². The fourth-order valence-electron chi connectivity index (χ4n) is 2.24. The summed E-state index contributed by atoms with van der Waals surface area (Å²) >= 11 is 1.65. The molecule has 3 heterocycles. The number of anilines is 1. The molecule has 0 spiro atoms. The van der Waals surface area contributed by atoms with Crippen LogP contribution in [0.15, 0.2) is 34.3 Å². The van der Waals surface area contributed by atoms with Gasteiger partial charge >= 0.3 is 0 Å². The number of fused-ring (bicyclic) bond motifs is 1. The lowest BCUT2D eigenvalue weighted by atomic mass is 10.3. The van der Waals surface area contributed by atoms with E-state index >= 15 is 0 Å². The molecule has 0 aliphatic rings. The van der Waals surface area contributed by atoms with Gasteiger partial charge in [-0.05, 0) is 37.6 Å². The Morgan fingerprint density at radius 2 is 2.19 bits per heavy atom. The standard InChI is InChI=1S/C15H18N4OS/c1-3-16-14-12-6-8-21-15(12)18-13(17-14)10-19(2)9-11-5-4-7-20-11/h4-8H,3,9-10H2,1-2H3,(H,16,17,18). The van der Waals surface area contributed by atoms with E-state index in [1.807, 2.05) is 19.2 Å². The molecule has 0 bridgehead atoms. The summed E-state index contributed by atoms with van der Waals surface area (Å²) < 4.78 is 5.37. The van der Waals surface area contributed by atoms with E-state index in [0.717, 1.165) is 40.7 Å². The summed E-state index contributed by atoms with van der Waals surface area (Å²) in [6.45, 7) is 4.36. The number of aromatic nitrogens is 2. The van der Waals surface area contributed by atoms with Gasteiger partial charge in [0, 0.05) is 6.54 Å². The molecular formula is C15H18N4OS. The first-order valence-corrected chi connectivity index (χ1v) is 7.83. The van der Waals surface area contributed by atoms with Crippen molar-refractivity contribution in [1.82, 2.24) is 14.9 Å². The Hall–Kier alpha value is -1.92. The fourth-order valence-corrected chi connectivity index (χ4v) is 3.02. The molecule has 0 aromatic carbocycles. The van der Waals surface area contributed by atoms with Crippen molar-refractivity contribution in [3.8, 4) is 0 Å². The molecule has 0 radical (unpaired) electrons. The largest absolute Gasteiger partial charge is 0.468 e. The van der Waals surface area contributed by atoms with Gasteiger partial charge in [-0.2, -0.15) is 0 Å². The van der Waals surface area contributed by atoms with Crippen LogP contribution in [0.3, 0.4) is 0 Å². The Labute approximate surface area is 127 Å². The van der Waals surface area contributed by atoms with E-state index in [-0.39, 0.29) is 0 Å². The first kappa shape index (κ1) is 14.0. The number of hydrogen-bond acceptors (Lipinski definition) is 6. The molecule has 3 rings (SSSR count). The summed E-state index contributed by atoms with van der Waals surface area (Å²) in [4.78, 5) is 12.5. The average Bonchev–Trinajstić information content (AvgIpc) is 3.09. The molecule has 0 amide bonds. The highest BCUT2D eigenvalue weighted by molar-refractivity contribution is 7.16. The number of furan rings is 1. The van der Waals surface area contributed by atoms with Crippen molar-refractivity contribution in [2.75, 3.05) is 18.9 Å². The minimum Gasteiger partial charge on any atom is -0.468 e. The van der Waals surface area contributed by atoms with Crippen LogP contribution in [0.25, 0.3) is 10.2 Å². The molecular weight excluding hydrogens is 284 g/mol. The van der Waals surface area contributed by atoms with E-state index in [2.05, 4.69) is 38.6 Å². The van der Waals surface area contributed by atoms with Gasteiger partial charge in [0.25, 0.3) is 0 Å². The molecule has 3 aromatic heterocycles. The van der Waals surface area contributed by atoms with Crippen LogP contribution >= 0.6 is 11.3 Å². The van der Waals surface area contributed by atoms with Crippen molar-refractivity contribution < 1.29 is 4.42 Å². The van der Waals surface area contributed by atoms with Crippen molar-refractivity contribution in [3.05, 3.63) is 41.4 Å². The van der Waals surface area contributed by atoms with Crippen molar-refractivity contribution in [1.29, 1.82) is 0 Å². The van der Waals surface area contributed by atoms with Gasteiger partial charge in [0.1, 0.15) is 22.2 Å². The lowest BCUT2D eigenvalue weighted by Crippen LogP contribution is -2.19. The second kappa shape index (κ2) is 6.24. The highest BCUT2D eigenvalue weighted by Gasteiger charge is 2.11. The topological polar surface area (TPSA) is 54.2 Å². The molecule has 21 heavy (non-hydrogen) atoms. The molecule has 0 unspecified atom stereocenters. The lowest BCUT2D eigenvalue weighted by Gasteiger charge is -2.15. The second-order valence-corrected chi connectivity index (χ2v) is 5.80. The van der Waals surface area contributed by atoms with Crippen molar-refractivity contribution in [2.45, 2.75) is 20.0 Å². The van der Waals surface area contributed by atoms with Crippen LogP contribution in [-0.2, 0) is 13.1 Å². The van der Waals surface area contributed by atoms with E-state index in [4.69, 9.17) is 4.42 Å². The van der Waals surface area contributed by atoms with Gasteiger partial charge in [-0.3, -0.25) is 4.90 Å². The summed E-state index contributed by atoms with van der Waals surface area (Å²) in [7, 11) is 2.04. The van der Waals surface area contributed by atoms with E-state index in [1.165, 1.54) is 0 Å². The predicted molar refractivity (Wildman–Crippen MR) is 85.5 cm³/mol. The summed E-state index contributed by atoms with van der Waals surface area (Å²) in [5.41, 5.74) is 0. The zero-order valence-electron chi connectivity index (χ0n) is 12.2. The van der Waals surface area contributed by atoms with Crippen molar-refractivity contribution in [3.63, 3.8) is 0 Å². The Bertz CT molecular complexity index is 708. The summed E-state index contributed by atoms with van der Waals surface area (Å²) in [5, 5.41) is 6.46. The van der Waals surface area contributed by atoms with Crippen LogP contribution < -0.4 is 5.32 Å². The summed E-state index contributed by atoms with van der Waals surface area (Å²) in [6.07, 6.45) is 1.70. The van der Waals surface area contributed by atoms with Gasteiger partial charge < -0.3 is 9.73 Å². The maximum absolute atomic E-state index is 5.37. The SMILES string of the molecule is CCNc1nc(CN(C)Cc2ccco2)nc2sccc12. The molecule has 0 saturated heterocycles. The molecule has 0 aliphatic carbocycles. The molecule has 1 N–H and O–H groups in total. The van der Waals surface area contributed by atoms with Crippen molar-refractivity contribution >= 4 is 27.4 Å². The molecule has 6 heteroatoms. The highest BCUT2D eigenvalue weighted by Crippen LogP contribution is 2.25. The van der Waals surface area contributed by atoms with Crippen LogP contribution in [0.4, 0.5) is 5.82 Å². The first-order valence-electron chi connectivity index (χ1n) is 6.95. The third kappa shape index (κ3) is 3.22. The van der Waals surface area contributed by atoms with E-state index < -0.39 is 0 Å². The molecule has 110 valence electrons. The summed E-state index contributed by atoms with van der Waals surface area (Å²) in [6, 6.07) is 5.94. The fraction of sp³-hybridized carbons (Fsp3) is 0.333. The van der Waals surface area contributed by atoms with Gasteiger partial charge in [0.2, 0.25) is 0 Å². The zero-order valence-corrected chi connectivity index (χ0v) is 13.0. The van der Waals surface area contributed by atoms with Gasteiger partial charge in [-0.15, -0.1) is 11.3 Å². The van der Waals surface area contributed by atoms with Crippen LogP contribution in [0.2, 0.25) is 0 Å². The Balaban J connectivity index is 1.79. The Kier molecular flexibility index (Phi) is 4.17. The summed E-state index contributed by atoms with van der Waals surface area (Å²) in [5.74, 6) is 2.70. The number of thiophene rings is 1. The number of rotatable bonds is 6. The first-order chi connectivity index (χ1) is 10.3. The molecule has 0 saturated carbocycles. The molecule has 5 nitrogen and oxygen atoms in total. The van der Waals surface area contributed by atoms with E-state index in [1.54, 1.807) is 17.6 Å². The van der Waals surface area contributed by atoms with Crippen LogP contribution in [0, 0.1) is 0 Å². The minimum atomic E-state index is 0.687. The minimum absolute atomic E-state index is 0.687. The maximum Gasteiger partial charge on any atom is 0.146 e. The van der Waals surface area contributed by atoms with E-state index in [9.17, 15) is 0 Å². The van der Waals surface area contributed by atoms with Crippen LogP contribution in [-0.4, -0.2) is 28.5 Å². The third-order valence-corrected chi connectivity index (χ3v) is 3.94. The highest BCUT2D eigenvalue weighted by atomic mass is 32.1. The quantitative estimate of drug-likeness (QED) is 0.757. The molecule has 0 aliphatic heterocycles. The maximum atomic E-state index is 5.37. The third-order valence-electron chi connectivity index (χ3n) is 3.13. The van der Waals surface area contributed by atoms with Gasteiger partial charge in [-0.25, -0.2) is 9.97 Å². The molecule has 0 atom stereocenters. The van der Waals surface area contributed by atoms with Gasteiger partial charge in [0.15, 0.2) is 0 Å². The monoisotopic (exact) mass is 302 g/mol. The predicted octanol–water partition coefficient (Wildman–Crippen LogP) is 3.35. The smallest absolute Gasteiger partial charge is 0.146 e. The normalized spacial score (nSPS) is 11.4. The average molecular weight is 302 g/mol. The second-order valence-electron chi connectivity index (χ2n) is 4.91. The molecule has 0 fully saturated rings. The number of nitrogens with zero attached hydrogens (tertiary/aromatic N) is 3. The molecule has 3 aromatic rings. The Morgan fingerprint density at radius 3 is 2.95 bits per heavy atom. The number of hydrogen-bond donors (Lipinski definition) is 1. The Morgan fingerprint density at radius 1 is 1.29 bits per heavy atom. The van der Waals surface area contributed by atoms with E-state index in [0.29, 0.717) is 6.54 Å². The van der Waals surface area contributed by atoms with Crippen molar-refractivity contribution in [2.24, 2.45) is 0 Å². The van der Waals surface area contributed by atoms with Crippen LogP contribution in [0.5, 0.6) is 0 Å². The number of nitrogens with one attached hydrogen (secondary N) is 1. The van der Waals surface area contributed by atoms with Gasteiger partial charge in [-0.1, -0.05) is 0 Å². The lowest BCUT2D eigenvalue weighted by molar-refractivity contribution is 0.282. The zero-order chi connectivity index (χ0) is 14.7.